The Balaban J connectivity index is 2.26. The SMILES string of the molecule is C=C(CC)[C@H]1C[C@@H](O)[C@@]2(C)C=CC=C(C)[C@H]2C1. The summed E-state index contributed by atoms with van der Waals surface area (Å²) in [7, 11) is 0. The Morgan fingerprint density at radius 3 is 2.88 bits per heavy atom. The van der Waals surface area contributed by atoms with Crippen LogP contribution in [0.25, 0.3) is 0 Å². The van der Waals surface area contributed by atoms with Crippen LogP contribution < -0.4 is 0 Å². The molecule has 2 rings (SSSR count). The maximum absolute atomic E-state index is 10.5. The zero-order valence-electron chi connectivity index (χ0n) is 11.2. The van der Waals surface area contributed by atoms with E-state index in [4.69, 9.17) is 0 Å². The quantitative estimate of drug-likeness (QED) is 0.717. The summed E-state index contributed by atoms with van der Waals surface area (Å²) in [6.45, 7) is 10.7. The van der Waals surface area contributed by atoms with Gasteiger partial charge in [-0.3, -0.25) is 0 Å². The van der Waals surface area contributed by atoms with Crippen LogP contribution in [0.1, 0.15) is 40.0 Å². The van der Waals surface area contributed by atoms with Gasteiger partial charge in [0.25, 0.3) is 0 Å². The summed E-state index contributed by atoms with van der Waals surface area (Å²) in [6, 6.07) is 0. The number of hydrogen-bond donors (Lipinski definition) is 1. The van der Waals surface area contributed by atoms with Crippen LogP contribution >= 0.6 is 0 Å². The molecule has 0 heterocycles. The second kappa shape index (κ2) is 4.45. The lowest BCUT2D eigenvalue weighted by Crippen LogP contribution is -2.45. The van der Waals surface area contributed by atoms with Crippen molar-refractivity contribution in [2.75, 3.05) is 0 Å². The average Bonchev–Trinajstić information content (AvgIpc) is 2.30. The van der Waals surface area contributed by atoms with Gasteiger partial charge < -0.3 is 5.11 Å². The van der Waals surface area contributed by atoms with Crippen molar-refractivity contribution in [3.05, 3.63) is 36.0 Å². The van der Waals surface area contributed by atoms with Gasteiger partial charge >= 0.3 is 0 Å². The maximum Gasteiger partial charge on any atom is 0.0639 e. The molecule has 0 saturated heterocycles. The van der Waals surface area contributed by atoms with Crippen LogP contribution in [-0.2, 0) is 0 Å². The van der Waals surface area contributed by atoms with Crippen LogP contribution in [0.4, 0.5) is 0 Å². The summed E-state index contributed by atoms with van der Waals surface area (Å²) in [5.41, 5.74) is 2.64. The molecule has 0 unspecified atom stereocenters. The topological polar surface area (TPSA) is 20.2 Å². The number of allylic oxidation sites excluding steroid dienone is 4. The van der Waals surface area contributed by atoms with Gasteiger partial charge in [0.2, 0.25) is 0 Å². The van der Waals surface area contributed by atoms with Gasteiger partial charge in [-0.1, -0.05) is 49.8 Å². The van der Waals surface area contributed by atoms with Gasteiger partial charge in [0.1, 0.15) is 0 Å². The molecule has 0 aromatic heterocycles. The molecule has 17 heavy (non-hydrogen) atoms. The first kappa shape index (κ1) is 12.6. The summed E-state index contributed by atoms with van der Waals surface area (Å²) >= 11 is 0. The van der Waals surface area contributed by atoms with Gasteiger partial charge in [-0.15, -0.1) is 0 Å². The lowest BCUT2D eigenvalue weighted by atomic mass is 9.58. The molecular weight excluding hydrogens is 208 g/mol. The van der Waals surface area contributed by atoms with E-state index in [9.17, 15) is 5.11 Å². The number of rotatable bonds is 2. The Bertz CT molecular complexity index is 377. The first-order chi connectivity index (χ1) is 7.99. The highest BCUT2D eigenvalue weighted by molar-refractivity contribution is 5.29. The molecule has 0 aromatic carbocycles. The summed E-state index contributed by atoms with van der Waals surface area (Å²) in [4.78, 5) is 0. The molecule has 4 atom stereocenters. The Morgan fingerprint density at radius 1 is 1.53 bits per heavy atom. The molecule has 1 nitrogen and oxygen atoms in total. The summed E-state index contributed by atoms with van der Waals surface area (Å²) < 4.78 is 0. The molecule has 0 radical (unpaired) electrons. The van der Waals surface area contributed by atoms with E-state index in [0.717, 1.165) is 19.3 Å². The maximum atomic E-state index is 10.5. The third kappa shape index (κ3) is 2.01. The lowest BCUT2D eigenvalue weighted by Gasteiger charge is -2.48. The van der Waals surface area contributed by atoms with Crippen molar-refractivity contribution in [2.24, 2.45) is 17.3 Å². The van der Waals surface area contributed by atoms with Crippen molar-refractivity contribution in [1.82, 2.24) is 0 Å². The van der Waals surface area contributed by atoms with Gasteiger partial charge in [-0.2, -0.15) is 0 Å². The predicted octanol–water partition coefficient (Wildman–Crippen LogP) is 3.86. The van der Waals surface area contributed by atoms with Crippen LogP contribution in [0.5, 0.6) is 0 Å². The number of fused-ring (bicyclic) bond motifs is 1. The molecular formula is C16H24O. The van der Waals surface area contributed by atoms with E-state index in [2.05, 4.69) is 45.6 Å². The molecule has 1 N–H and O–H groups in total. The second-order valence-corrected chi connectivity index (χ2v) is 5.88. The molecule has 1 heteroatoms. The van der Waals surface area contributed by atoms with Crippen LogP contribution in [0, 0.1) is 17.3 Å². The number of aliphatic hydroxyl groups excluding tert-OH is 1. The number of hydrogen-bond acceptors (Lipinski definition) is 1. The van der Waals surface area contributed by atoms with Crippen molar-refractivity contribution < 1.29 is 5.11 Å². The minimum atomic E-state index is -0.241. The largest absolute Gasteiger partial charge is 0.392 e. The minimum absolute atomic E-state index is 0.0661. The Kier molecular flexibility index (Phi) is 3.31. The molecule has 2 aliphatic rings. The highest BCUT2D eigenvalue weighted by atomic mass is 16.3. The van der Waals surface area contributed by atoms with Gasteiger partial charge in [-0.05, 0) is 38.0 Å². The van der Waals surface area contributed by atoms with E-state index in [1.54, 1.807) is 0 Å². The van der Waals surface area contributed by atoms with E-state index in [-0.39, 0.29) is 11.5 Å². The lowest BCUT2D eigenvalue weighted by molar-refractivity contribution is -0.0147. The summed E-state index contributed by atoms with van der Waals surface area (Å²) in [5.74, 6) is 0.965. The first-order valence-electron chi connectivity index (χ1n) is 6.70. The highest BCUT2D eigenvalue weighted by Gasteiger charge is 2.46. The van der Waals surface area contributed by atoms with Crippen molar-refractivity contribution in [3.8, 4) is 0 Å². The molecule has 0 amide bonds. The number of aliphatic hydroxyl groups is 1. The standard InChI is InChI=1S/C16H24O/c1-5-11(2)13-9-14-12(3)7-6-8-16(14,4)15(17)10-13/h6-8,13-15,17H,2,5,9-10H2,1,3-4H3/t13-,14-,15-,16+/m1/s1. The van der Waals surface area contributed by atoms with Crippen LogP contribution in [0.15, 0.2) is 36.0 Å². The Hall–Kier alpha value is -0.820. The van der Waals surface area contributed by atoms with Crippen LogP contribution in [0.2, 0.25) is 0 Å². The van der Waals surface area contributed by atoms with Crippen molar-refractivity contribution in [3.63, 3.8) is 0 Å². The van der Waals surface area contributed by atoms with Crippen molar-refractivity contribution in [2.45, 2.75) is 46.1 Å². The molecule has 1 fully saturated rings. The minimum Gasteiger partial charge on any atom is -0.392 e. The average molecular weight is 232 g/mol. The third-order valence-corrected chi connectivity index (χ3v) is 4.89. The Labute approximate surface area is 105 Å². The fraction of sp³-hybridized carbons (Fsp3) is 0.625. The third-order valence-electron chi connectivity index (χ3n) is 4.89. The molecule has 0 bridgehead atoms. The molecule has 0 aliphatic heterocycles. The molecule has 94 valence electrons. The monoisotopic (exact) mass is 232 g/mol. The van der Waals surface area contributed by atoms with Gasteiger partial charge in [0, 0.05) is 5.41 Å². The van der Waals surface area contributed by atoms with Gasteiger partial charge in [0.05, 0.1) is 6.10 Å². The predicted molar refractivity (Wildman–Crippen MR) is 72.7 cm³/mol. The van der Waals surface area contributed by atoms with Gasteiger partial charge in [-0.25, -0.2) is 0 Å². The van der Waals surface area contributed by atoms with E-state index < -0.39 is 0 Å². The zero-order valence-corrected chi connectivity index (χ0v) is 11.2. The normalized spacial score (nSPS) is 40.7. The van der Waals surface area contributed by atoms with E-state index in [0.29, 0.717) is 11.8 Å². The van der Waals surface area contributed by atoms with Gasteiger partial charge in [0.15, 0.2) is 0 Å². The zero-order chi connectivity index (χ0) is 12.6. The molecule has 1 saturated carbocycles. The van der Waals surface area contributed by atoms with E-state index in [1.165, 1.54) is 11.1 Å². The van der Waals surface area contributed by atoms with Crippen LogP contribution in [0.3, 0.4) is 0 Å². The first-order valence-corrected chi connectivity index (χ1v) is 6.70. The summed E-state index contributed by atoms with van der Waals surface area (Å²) in [5, 5.41) is 10.5. The Morgan fingerprint density at radius 2 is 2.24 bits per heavy atom. The van der Waals surface area contributed by atoms with Crippen molar-refractivity contribution >= 4 is 0 Å². The molecule has 2 aliphatic carbocycles. The highest BCUT2D eigenvalue weighted by Crippen LogP contribution is 2.51. The van der Waals surface area contributed by atoms with E-state index >= 15 is 0 Å². The van der Waals surface area contributed by atoms with Crippen LogP contribution in [-0.4, -0.2) is 11.2 Å². The molecule has 0 spiro atoms. The summed E-state index contributed by atoms with van der Waals surface area (Å²) in [6.07, 6.45) is 9.29. The molecule has 0 aromatic rings. The smallest absolute Gasteiger partial charge is 0.0639 e. The van der Waals surface area contributed by atoms with Crippen molar-refractivity contribution in [1.29, 1.82) is 0 Å². The van der Waals surface area contributed by atoms with E-state index in [1.807, 2.05) is 0 Å². The second-order valence-electron chi connectivity index (χ2n) is 5.88. The fourth-order valence-corrected chi connectivity index (χ4v) is 3.44. The fourth-order valence-electron chi connectivity index (χ4n) is 3.44.